The number of halogens is 3. The standard InChI is InChI=1S/C10H8F3N5/c11-10(12,13)8(7(16)5-15)18-9-6(4-14)2-1-3-17-9/h1-3,5H,15-16H2/b7-5+,18-8-. The molecule has 0 aromatic carbocycles. The van der Waals surface area contributed by atoms with E-state index in [-0.39, 0.29) is 11.4 Å². The zero-order valence-corrected chi connectivity index (χ0v) is 8.94. The van der Waals surface area contributed by atoms with Crippen LogP contribution in [0, 0.1) is 11.3 Å². The van der Waals surface area contributed by atoms with Crippen molar-refractivity contribution in [2.45, 2.75) is 6.18 Å². The number of allylic oxidation sites excluding steroid dienone is 1. The zero-order valence-electron chi connectivity index (χ0n) is 8.94. The highest BCUT2D eigenvalue weighted by Crippen LogP contribution is 2.24. The summed E-state index contributed by atoms with van der Waals surface area (Å²) in [4.78, 5) is 6.84. The molecule has 1 rings (SSSR count). The average molecular weight is 255 g/mol. The van der Waals surface area contributed by atoms with Gasteiger partial charge in [-0.15, -0.1) is 0 Å². The molecule has 0 radical (unpaired) electrons. The third-order valence-electron chi connectivity index (χ3n) is 1.85. The van der Waals surface area contributed by atoms with E-state index < -0.39 is 17.6 Å². The van der Waals surface area contributed by atoms with E-state index >= 15 is 0 Å². The molecular weight excluding hydrogens is 247 g/mol. The lowest BCUT2D eigenvalue weighted by molar-refractivity contribution is -0.0582. The van der Waals surface area contributed by atoms with Crippen molar-refractivity contribution >= 4 is 11.5 Å². The van der Waals surface area contributed by atoms with Gasteiger partial charge in [-0.1, -0.05) is 0 Å². The molecule has 0 saturated heterocycles. The predicted octanol–water partition coefficient (Wildman–Crippen LogP) is 1.35. The van der Waals surface area contributed by atoms with Crippen LogP contribution in [0.25, 0.3) is 0 Å². The molecule has 0 aliphatic rings. The van der Waals surface area contributed by atoms with E-state index in [0.29, 0.717) is 6.20 Å². The van der Waals surface area contributed by atoms with Gasteiger partial charge in [0.15, 0.2) is 11.5 Å². The van der Waals surface area contributed by atoms with E-state index in [2.05, 4.69) is 9.98 Å². The van der Waals surface area contributed by atoms with Crippen LogP contribution in [0.15, 0.2) is 35.2 Å². The molecule has 8 heteroatoms. The van der Waals surface area contributed by atoms with Crippen molar-refractivity contribution in [3.8, 4) is 6.07 Å². The summed E-state index contributed by atoms with van der Waals surface area (Å²) >= 11 is 0. The van der Waals surface area contributed by atoms with Crippen molar-refractivity contribution in [1.82, 2.24) is 4.98 Å². The van der Waals surface area contributed by atoms with Crippen molar-refractivity contribution in [3.63, 3.8) is 0 Å². The number of pyridine rings is 1. The smallest absolute Gasteiger partial charge is 0.403 e. The molecule has 0 spiro atoms. The summed E-state index contributed by atoms with van der Waals surface area (Å²) < 4.78 is 38.0. The van der Waals surface area contributed by atoms with Crippen LogP contribution in [-0.4, -0.2) is 16.9 Å². The number of nitriles is 1. The van der Waals surface area contributed by atoms with Crippen molar-refractivity contribution in [3.05, 3.63) is 35.8 Å². The maximum Gasteiger partial charge on any atom is 0.435 e. The lowest BCUT2D eigenvalue weighted by Crippen LogP contribution is -2.29. The molecule has 1 aromatic heterocycles. The van der Waals surface area contributed by atoms with Gasteiger partial charge in [0.25, 0.3) is 0 Å². The van der Waals surface area contributed by atoms with Gasteiger partial charge in [-0.2, -0.15) is 18.4 Å². The van der Waals surface area contributed by atoms with E-state index in [9.17, 15) is 13.2 Å². The van der Waals surface area contributed by atoms with E-state index in [0.717, 1.165) is 0 Å². The monoisotopic (exact) mass is 255 g/mol. The maximum atomic E-state index is 12.7. The zero-order chi connectivity index (χ0) is 13.8. The van der Waals surface area contributed by atoms with Gasteiger partial charge in [-0.05, 0) is 12.1 Å². The molecule has 0 aliphatic carbocycles. The molecule has 0 fully saturated rings. The van der Waals surface area contributed by atoms with Crippen LogP contribution in [0.2, 0.25) is 0 Å². The van der Waals surface area contributed by atoms with Gasteiger partial charge in [-0.25, -0.2) is 9.98 Å². The SMILES string of the molecule is N#Cc1cccnc1/N=C(/C(N)=C\N)C(F)(F)F. The summed E-state index contributed by atoms with van der Waals surface area (Å²) in [6, 6.07) is 4.38. The third-order valence-corrected chi connectivity index (χ3v) is 1.85. The highest BCUT2D eigenvalue weighted by Gasteiger charge is 2.37. The number of nitrogens with zero attached hydrogens (tertiary/aromatic N) is 3. The summed E-state index contributed by atoms with van der Waals surface area (Å²) in [5.41, 5.74) is 7.84. The van der Waals surface area contributed by atoms with Crippen LogP contribution in [0.1, 0.15) is 5.56 Å². The van der Waals surface area contributed by atoms with Crippen molar-refractivity contribution in [2.24, 2.45) is 16.5 Å². The molecular formula is C10H8F3N5. The first-order valence-corrected chi connectivity index (χ1v) is 4.59. The highest BCUT2D eigenvalue weighted by molar-refractivity contribution is 6.04. The highest BCUT2D eigenvalue weighted by atomic mass is 19.4. The van der Waals surface area contributed by atoms with Crippen LogP contribution in [-0.2, 0) is 0 Å². The Kier molecular flexibility index (Phi) is 3.89. The third kappa shape index (κ3) is 2.98. The molecule has 0 aliphatic heterocycles. The van der Waals surface area contributed by atoms with Gasteiger partial charge < -0.3 is 11.5 Å². The Morgan fingerprint density at radius 2 is 2.17 bits per heavy atom. The largest absolute Gasteiger partial charge is 0.435 e. The quantitative estimate of drug-likeness (QED) is 0.778. The Hall–Kier alpha value is -2.56. The van der Waals surface area contributed by atoms with Gasteiger partial charge in [0, 0.05) is 12.4 Å². The van der Waals surface area contributed by atoms with Crippen molar-refractivity contribution in [1.29, 1.82) is 5.26 Å². The van der Waals surface area contributed by atoms with Gasteiger partial charge in [-0.3, -0.25) is 0 Å². The first kappa shape index (κ1) is 13.5. The van der Waals surface area contributed by atoms with Crippen LogP contribution in [0.3, 0.4) is 0 Å². The molecule has 0 unspecified atom stereocenters. The number of nitrogens with two attached hydrogens (primary N) is 2. The molecule has 0 bridgehead atoms. The molecule has 0 amide bonds. The Morgan fingerprint density at radius 1 is 1.50 bits per heavy atom. The molecule has 5 nitrogen and oxygen atoms in total. The summed E-state index contributed by atoms with van der Waals surface area (Å²) in [5, 5.41) is 8.72. The predicted molar refractivity (Wildman–Crippen MR) is 58.6 cm³/mol. The fraction of sp³-hybridized carbons (Fsp3) is 0.100. The Balaban J connectivity index is 3.39. The second-order valence-electron chi connectivity index (χ2n) is 3.07. The molecule has 1 aromatic rings. The number of hydrogen-bond acceptors (Lipinski definition) is 5. The van der Waals surface area contributed by atoms with Gasteiger partial charge in [0.1, 0.15) is 6.07 Å². The molecule has 0 atom stereocenters. The van der Waals surface area contributed by atoms with Crippen LogP contribution >= 0.6 is 0 Å². The minimum atomic E-state index is -4.79. The normalized spacial score (nSPS) is 13.2. The maximum absolute atomic E-state index is 12.7. The Labute approximate surface area is 100 Å². The number of hydrogen-bond donors (Lipinski definition) is 2. The second kappa shape index (κ2) is 5.18. The van der Waals surface area contributed by atoms with Crippen LogP contribution < -0.4 is 11.5 Å². The van der Waals surface area contributed by atoms with E-state index in [1.54, 1.807) is 6.07 Å². The molecule has 1 heterocycles. The fourth-order valence-electron chi connectivity index (χ4n) is 1.05. The topological polar surface area (TPSA) is 101 Å². The first-order valence-electron chi connectivity index (χ1n) is 4.59. The fourth-order valence-corrected chi connectivity index (χ4v) is 1.05. The Morgan fingerprint density at radius 3 is 2.67 bits per heavy atom. The Bertz CT molecular complexity index is 539. The summed E-state index contributed by atoms with van der Waals surface area (Å²) in [7, 11) is 0. The summed E-state index contributed by atoms with van der Waals surface area (Å²) in [6.45, 7) is 0. The molecule has 4 N–H and O–H groups in total. The number of alkyl halides is 3. The van der Waals surface area contributed by atoms with Gasteiger partial charge >= 0.3 is 6.18 Å². The van der Waals surface area contributed by atoms with E-state index in [4.69, 9.17) is 16.7 Å². The second-order valence-corrected chi connectivity index (χ2v) is 3.07. The minimum Gasteiger partial charge on any atom is -0.403 e. The van der Waals surface area contributed by atoms with E-state index in [1.165, 1.54) is 18.3 Å². The average Bonchev–Trinajstić information content (AvgIpc) is 2.34. The minimum absolute atomic E-state index is 0.0935. The lowest BCUT2D eigenvalue weighted by atomic mass is 10.2. The van der Waals surface area contributed by atoms with Crippen LogP contribution in [0.5, 0.6) is 0 Å². The van der Waals surface area contributed by atoms with Crippen LogP contribution in [0.4, 0.5) is 19.0 Å². The number of aliphatic imine (C=N–C) groups is 1. The van der Waals surface area contributed by atoms with Gasteiger partial charge in [0.2, 0.25) is 0 Å². The lowest BCUT2D eigenvalue weighted by Gasteiger charge is -2.10. The van der Waals surface area contributed by atoms with Crippen molar-refractivity contribution in [2.75, 3.05) is 0 Å². The summed E-state index contributed by atoms with van der Waals surface area (Å²) in [5.74, 6) is -0.364. The molecule has 0 saturated carbocycles. The summed E-state index contributed by atoms with van der Waals surface area (Å²) in [6.07, 6.45) is -2.98. The molecule has 18 heavy (non-hydrogen) atoms. The number of rotatable bonds is 2. The molecule has 94 valence electrons. The first-order chi connectivity index (χ1) is 8.40. The van der Waals surface area contributed by atoms with Gasteiger partial charge in [0.05, 0.1) is 11.3 Å². The number of aromatic nitrogens is 1. The van der Waals surface area contributed by atoms with E-state index in [1.807, 2.05) is 0 Å². The van der Waals surface area contributed by atoms with Crippen molar-refractivity contribution < 1.29 is 13.2 Å².